The molecule has 1 atom stereocenters. The fraction of sp³-hybridized carbons (Fsp3) is 0.429. The number of hydrogen-bond acceptors (Lipinski definition) is 6. The summed E-state index contributed by atoms with van der Waals surface area (Å²) in [7, 11) is 0. The molecular formula is C14H16N4O3. The smallest absolute Gasteiger partial charge is 0.269 e. The Hall–Kier alpha value is -2.28. The standard InChI is InChI=1S/C14H16N4O3/c19-18(20)11-7-5-10(6-8-11)14-16-13(17-21-14)12-4-2-1-3-9-15-12/h5-8,12,15H,1-4,9H2. The van der Waals surface area contributed by atoms with Crippen LogP contribution in [0.1, 0.15) is 37.5 Å². The lowest BCUT2D eigenvalue weighted by atomic mass is 10.1. The van der Waals surface area contributed by atoms with E-state index in [2.05, 4.69) is 15.5 Å². The topological polar surface area (TPSA) is 94.1 Å². The van der Waals surface area contributed by atoms with Gasteiger partial charge in [-0.3, -0.25) is 10.1 Å². The number of nitrogens with one attached hydrogen (secondary N) is 1. The molecule has 1 aromatic carbocycles. The highest BCUT2D eigenvalue weighted by molar-refractivity contribution is 5.55. The fourth-order valence-electron chi connectivity index (χ4n) is 2.47. The molecule has 7 heteroatoms. The van der Waals surface area contributed by atoms with E-state index in [-0.39, 0.29) is 11.7 Å². The summed E-state index contributed by atoms with van der Waals surface area (Å²) in [4.78, 5) is 14.6. The zero-order chi connectivity index (χ0) is 14.7. The van der Waals surface area contributed by atoms with Crippen LogP contribution in [0.15, 0.2) is 28.8 Å². The lowest BCUT2D eigenvalue weighted by molar-refractivity contribution is -0.384. The third kappa shape index (κ3) is 3.08. The van der Waals surface area contributed by atoms with E-state index in [1.165, 1.54) is 25.0 Å². The first kappa shape index (κ1) is 13.7. The summed E-state index contributed by atoms with van der Waals surface area (Å²) in [6, 6.07) is 6.24. The first-order valence-electron chi connectivity index (χ1n) is 7.06. The van der Waals surface area contributed by atoms with Crippen LogP contribution in [-0.4, -0.2) is 21.6 Å². The molecule has 2 heterocycles. The van der Waals surface area contributed by atoms with Gasteiger partial charge in [0.15, 0.2) is 5.82 Å². The van der Waals surface area contributed by atoms with Gasteiger partial charge in [0.25, 0.3) is 11.6 Å². The third-order valence-electron chi connectivity index (χ3n) is 3.64. The second-order valence-corrected chi connectivity index (χ2v) is 5.12. The van der Waals surface area contributed by atoms with E-state index in [9.17, 15) is 10.1 Å². The summed E-state index contributed by atoms with van der Waals surface area (Å²) in [6.45, 7) is 0.964. The molecule has 1 aliphatic rings. The van der Waals surface area contributed by atoms with E-state index in [4.69, 9.17) is 4.52 Å². The van der Waals surface area contributed by atoms with E-state index < -0.39 is 4.92 Å². The average Bonchev–Trinajstić information content (AvgIpc) is 2.83. The molecule has 0 spiro atoms. The molecule has 1 aromatic heterocycles. The van der Waals surface area contributed by atoms with Crippen molar-refractivity contribution in [3.8, 4) is 11.5 Å². The second-order valence-electron chi connectivity index (χ2n) is 5.12. The number of nitrogens with zero attached hydrogens (tertiary/aromatic N) is 3. The molecule has 0 saturated carbocycles. The molecule has 0 aliphatic carbocycles. The van der Waals surface area contributed by atoms with Crippen LogP contribution in [0.25, 0.3) is 11.5 Å². The van der Waals surface area contributed by atoms with Gasteiger partial charge >= 0.3 is 0 Å². The van der Waals surface area contributed by atoms with Crippen LogP contribution in [0, 0.1) is 10.1 Å². The van der Waals surface area contributed by atoms with E-state index in [0.717, 1.165) is 19.4 Å². The Morgan fingerprint density at radius 3 is 2.81 bits per heavy atom. The molecule has 1 aliphatic heterocycles. The van der Waals surface area contributed by atoms with Gasteiger partial charge < -0.3 is 9.84 Å². The molecule has 110 valence electrons. The number of non-ortho nitro benzene ring substituents is 1. The minimum absolute atomic E-state index is 0.0453. The van der Waals surface area contributed by atoms with Gasteiger partial charge in [0, 0.05) is 17.7 Å². The predicted octanol–water partition coefficient (Wildman–Crippen LogP) is 2.85. The highest BCUT2D eigenvalue weighted by atomic mass is 16.6. The van der Waals surface area contributed by atoms with Crippen molar-refractivity contribution in [3.05, 3.63) is 40.2 Å². The van der Waals surface area contributed by atoms with Crippen LogP contribution in [-0.2, 0) is 0 Å². The Kier molecular flexibility index (Phi) is 3.92. The van der Waals surface area contributed by atoms with Gasteiger partial charge in [-0.2, -0.15) is 4.98 Å². The molecule has 1 fully saturated rings. The van der Waals surface area contributed by atoms with Gasteiger partial charge in [-0.05, 0) is 31.5 Å². The van der Waals surface area contributed by atoms with Gasteiger partial charge in [-0.25, -0.2) is 0 Å². The first-order chi connectivity index (χ1) is 10.2. The minimum Gasteiger partial charge on any atom is -0.334 e. The Labute approximate surface area is 121 Å². The normalized spacial score (nSPS) is 19.1. The van der Waals surface area contributed by atoms with Crippen LogP contribution >= 0.6 is 0 Å². The predicted molar refractivity (Wildman–Crippen MR) is 75.6 cm³/mol. The van der Waals surface area contributed by atoms with Crippen molar-refractivity contribution in [3.63, 3.8) is 0 Å². The number of aromatic nitrogens is 2. The first-order valence-corrected chi connectivity index (χ1v) is 7.06. The van der Waals surface area contributed by atoms with Gasteiger partial charge in [0.1, 0.15) is 0 Å². The summed E-state index contributed by atoms with van der Waals surface area (Å²) in [6.07, 6.45) is 4.54. The summed E-state index contributed by atoms with van der Waals surface area (Å²) >= 11 is 0. The average molecular weight is 288 g/mol. The number of rotatable bonds is 3. The highest BCUT2D eigenvalue weighted by Crippen LogP contribution is 2.25. The highest BCUT2D eigenvalue weighted by Gasteiger charge is 2.20. The van der Waals surface area contributed by atoms with Crippen molar-refractivity contribution in [2.45, 2.75) is 31.7 Å². The van der Waals surface area contributed by atoms with Crippen molar-refractivity contribution in [2.24, 2.45) is 0 Å². The maximum Gasteiger partial charge on any atom is 0.269 e. The molecule has 1 unspecified atom stereocenters. The van der Waals surface area contributed by atoms with Crippen molar-refractivity contribution in [1.82, 2.24) is 15.5 Å². The van der Waals surface area contributed by atoms with E-state index in [0.29, 0.717) is 17.3 Å². The molecule has 3 rings (SSSR count). The Balaban J connectivity index is 1.79. The lowest BCUT2D eigenvalue weighted by Gasteiger charge is -2.09. The summed E-state index contributed by atoms with van der Waals surface area (Å²) in [5.74, 6) is 1.05. The number of hydrogen-bond donors (Lipinski definition) is 1. The molecule has 2 aromatic rings. The van der Waals surface area contributed by atoms with Crippen LogP contribution in [0.4, 0.5) is 5.69 Å². The summed E-state index contributed by atoms with van der Waals surface area (Å²) in [5.41, 5.74) is 0.733. The van der Waals surface area contributed by atoms with Gasteiger partial charge in [0.2, 0.25) is 0 Å². The van der Waals surface area contributed by atoms with E-state index in [1.807, 2.05) is 0 Å². The van der Waals surface area contributed by atoms with Gasteiger partial charge in [0.05, 0.1) is 11.0 Å². The molecular weight excluding hydrogens is 272 g/mol. The van der Waals surface area contributed by atoms with Crippen molar-refractivity contribution in [2.75, 3.05) is 6.54 Å². The molecule has 1 N–H and O–H groups in total. The zero-order valence-electron chi connectivity index (χ0n) is 11.5. The SMILES string of the molecule is O=[N+]([O-])c1ccc(-c2nc(C3CCCCCN3)no2)cc1. The molecule has 1 saturated heterocycles. The third-order valence-corrected chi connectivity index (χ3v) is 3.64. The lowest BCUT2D eigenvalue weighted by Crippen LogP contribution is -2.21. The van der Waals surface area contributed by atoms with Gasteiger partial charge in [-0.15, -0.1) is 0 Å². The minimum atomic E-state index is -0.432. The summed E-state index contributed by atoms with van der Waals surface area (Å²) < 4.78 is 5.27. The Bertz CT molecular complexity index is 615. The van der Waals surface area contributed by atoms with E-state index >= 15 is 0 Å². The largest absolute Gasteiger partial charge is 0.334 e. The van der Waals surface area contributed by atoms with Crippen LogP contribution < -0.4 is 5.32 Å². The van der Waals surface area contributed by atoms with E-state index in [1.54, 1.807) is 12.1 Å². The van der Waals surface area contributed by atoms with Crippen molar-refractivity contribution >= 4 is 5.69 Å². The molecule has 0 bridgehead atoms. The molecule has 21 heavy (non-hydrogen) atoms. The maximum atomic E-state index is 10.6. The quantitative estimate of drug-likeness (QED) is 0.689. The number of benzene rings is 1. The van der Waals surface area contributed by atoms with Crippen LogP contribution in [0.2, 0.25) is 0 Å². The number of nitro benzene ring substituents is 1. The van der Waals surface area contributed by atoms with Gasteiger partial charge in [-0.1, -0.05) is 18.0 Å². The fourth-order valence-corrected chi connectivity index (χ4v) is 2.47. The summed E-state index contributed by atoms with van der Waals surface area (Å²) in [5, 5.41) is 18.1. The van der Waals surface area contributed by atoms with Crippen molar-refractivity contribution in [1.29, 1.82) is 0 Å². The van der Waals surface area contributed by atoms with Crippen molar-refractivity contribution < 1.29 is 9.45 Å². The van der Waals surface area contributed by atoms with Crippen LogP contribution in [0.5, 0.6) is 0 Å². The monoisotopic (exact) mass is 288 g/mol. The number of nitro groups is 1. The Morgan fingerprint density at radius 1 is 1.24 bits per heavy atom. The zero-order valence-corrected chi connectivity index (χ0v) is 11.5. The maximum absolute atomic E-state index is 10.6. The molecule has 7 nitrogen and oxygen atoms in total. The second kappa shape index (κ2) is 6.01. The Morgan fingerprint density at radius 2 is 2.05 bits per heavy atom. The van der Waals surface area contributed by atoms with Crippen LogP contribution in [0.3, 0.4) is 0 Å². The molecule has 0 radical (unpaired) electrons. The molecule has 0 amide bonds.